The molecular formula is C23H35N3OS. The Morgan fingerprint density at radius 3 is 2.43 bits per heavy atom. The molecule has 0 saturated heterocycles. The molecule has 2 aromatic heterocycles. The second kappa shape index (κ2) is 15.8. The smallest absolute Gasteiger partial charge is 0.118 e. The van der Waals surface area contributed by atoms with E-state index in [9.17, 15) is 0 Å². The van der Waals surface area contributed by atoms with Gasteiger partial charge in [0.05, 0.1) is 24.0 Å². The van der Waals surface area contributed by atoms with Crippen LogP contribution in [0.2, 0.25) is 0 Å². The van der Waals surface area contributed by atoms with Crippen LogP contribution in [0.25, 0.3) is 16.6 Å². The minimum Gasteiger partial charge on any atom is -0.392 e. The second-order valence-electron chi connectivity index (χ2n) is 5.17. The highest BCUT2D eigenvalue weighted by atomic mass is 32.1. The molecule has 0 fully saturated rings. The Morgan fingerprint density at radius 2 is 1.93 bits per heavy atom. The van der Waals surface area contributed by atoms with Gasteiger partial charge in [-0.05, 0) is 36.6 Å². The minimum absolute atomic E-state index is 0.0598. The van der Waals surface area contributed by atoms with Crippen LogP contribution in [0.1, 0.15) is 58.5 Å². The maximum absolute atomic E-state index is 8.96. The lowest BCUT2D eigenvalue weighted by atomic mass is 10.2. The van der Waals surface area contributed by atoms with Crippen molar-refractivity contribution in [1.82, 2.24) is 14.5 Å². The lowest BCUT2D eigenvalue weighted by Crippen LogP contribution is -1.92. The van der Waals surface area contributed by atoms with Gasteiger partial charge >= 0.3 is 0 Å². The Bertz CT molecular complexity index is 804. The van der Waals surface area contributed by atoms with Gasteiger partial charge in [-0.2, -0.15) is 0 Å². The van der Waals surface area contributed by atoms with E-state index in [2.05, 4.69) is 36.5 Å². The SMILES string of the molecule is C/C=C(\CC)c1nccs1.C=CCn1cnc2cc(CO)ccc21.CC.CC. The van der Waals surface area contributed by atoms with Crippen molar-refractivity contribution in [1.29, 1.82) is 0 Å². The number of nitrogens with zero attached hydrogens (tertiary/aromatic N) is 3. The summed E-state index contributed by atoms with van der Waals surface area (Å²) in [7, 11) is 0. The molecule has 0 bridgehead atoms. The summed E-state index contributed by atoms with van der Waals surface area (Å²) in [4.78, 5) is 8.46. The zero-order chi connectivity index (χ0) is 21.4. The van der Waals surface area contributed by atoms with Gasteiger partial charge in [-0.25, -0.2) is 9.97 Å². The minimum atomic E-state index is 0.0598. The van der Waals surface area contributed by atoms with E-state index in [1.165, 1.54) is 5.57 Å². The average Bonchev–Trinajstić information content (AvgIpc) is 3.43. The highest BCUT2D eigenvalue weighted by Crippen LogP contribution is 2.19. The Balaban J connectivity index is 0.000000460. The van der Waals surface area contributed by atoms with E-state index < -0.39 is 0 Å². The Kier molecular flexibility index (Phi) is 14.5. The van der Waals surface area contributed by atoms with Gasteiger partial charge in [0.25, 0.3) is 0 Å². The molecule has 2 heterocycles. The number of aliphatic hydroxyl groups excluding tert-OH is 1. The second-order valence-corrected chi connectivity index (χ2v) is 6.07. The molecule has 0 aliphatic rings. The van der Waals surface area contributed by atoms with Crippen LogP contribution in [-0.2, 0) is 13.2 Å². The molecule has 0 radical (unpaired) electrons. The first-order valence-corrected chi connectivity index (χ1v) is 10.8. The van der Waals surface area contributed by atoms with Crippen LogP contribution in [0, 0.1) is 0 Å². The van der Waals surface area contributed by atoms with E-state index in [0.717, 1.165) is 34.6 Å². The molecule has 0 spiro atoms. The molecule has 3 rings (SSSR count). The summed E-state index contributed by atoms with van der Waals surface area (Å²) in [6, 6.07) is 5.77. The Labute approximate surface area is 174 Å². The van der Waals surface area contributed by atoms with Crippen molar-refractivity contribution in [2.24, 2.45) is 0 Å². The zero-order valence-electron chi connectivity index (χ0n) is 18.1. The molecule has 3 aromatic rings. The van der Waals surface area contributed by atoms with E-state index in [1.807, 2.05) is 68.1 Å². The fraction of sp³-hybridized carbons (Fsp3) is 0.391. The predicted octanol–water partition coefficient (Wildman–Crippen LogP) is 6.72. The van der Waals surface area contributed by atoms with Crippen LogP contribution in [0.3, 0.4) is 0 Å². The Morgan fingerprint density at radius 1 is 1.21 bits per heavy atom. The lowest BCUT2D eigenvalue weighted by molar-refractivity contribution is 0.282. The number of aromatic nitrogens is 3. The summed E-state index contributed by atoms with van der Waals surface area (Å²) in [5.74, 6) is 0. The topological polar surface area (TPSA) is 50.9 Å². The number of imidazole rings is 1. The van der Waals surface area contributed by atoms with Crippen molar-refractivity contribution in [2.75, 3.05) is 0 Å². The molecule has 0 unspecified atom stereocenters. The summed E-state index contributed by atoms with van der Waals surface area (Å²) in [6.07, 6.45) is 8.66. The van der Waals surface area contributed by atoms with Crippen molar-refractivity contribution in [3.05, 3.63) is 65.4 Å². The van der Waals surface area contributed by atoms with Crippen LogP contribution in [0.15, 0.2) is 54.8 Å². The number of thiazole rings is 1. The van der Waals surface area contributed by atoms with Crippen LogP contribution in [-0.4, -0.2) is 19.6 Å². The number of aliphatic hydroxyl groups is 1. The molecule has 0 aliphatic heterocycles. The van der Waals surface area contributed by atoms with E-state index in [0.29, 0.717) is 0 Å². The maximum Gasteiger partial charge on any atom is 0.118 e. The van der Waals surface area contributed by atoms with E-state index in [4.69, 9.17) is 5.11 Å². The molecular weight excluding hydrogens is 366 g/mol. The first-order valence-electron chi connectivity index (χ1n) is 9.94. The van der Waals surface area contributed by atoms with Crippen molar-refractivity contribution < 1.29 is 5.11 Å². The van der Waals surface area contributed by atoms with Crippen LogP contribution < -0.4 is 0 Å². The quantitative estimate of drug-likeness (QED) is 0.483. The van der Waals surface area contributed by atoms with E-state index >= 15 is 0 Å². The van der Waals surface area contributed by atoms with Gasteiger partial charge < -0.3 is 9.67 Å². The predicted molar refractivity (Wildman–Crippen MR) is 125 cm³/mol. The van der Waals surface area contributed by atoms with Gasteiger partial charge in [0.1, 0.15) is 5.01 Å². The molecule has 0 atom stereocenters. The maximum atomic E-state index is 8.96. The van der Waals surface area contributed by atoms with Crippen LogP contribution >= 0.6 is 11.3 Å². The number of rotatable bonds is 5. The third-order valence-corrected chi connectivity index (χ3v) is 4.48. The van der Waals surface area contributed by atoms with Gasteiger partial charge in [-0.3, -0.25) is 0 Å². The van der Waals surface area contributed by atoms with Gasteiger partial charge in [-0.15, -0.1) is 17.9 Å². The molecule has 0 aliphatic carbocycles. The summed E-state index contributed by atoms with van der Waals surface area (Å²) < 4.78 is 2.02. The van der Waals surface area contributed by atoms with Crippen molar-refractivity contribution in [3.63, 3.8) is 0 Å². The lowest BCUT2D eigenvalue weighted by Gasteiger charge is -1.99. The molecule has 0 amide bonds. The molecule has 1 aromatic carbocycles. The van der Waals surface area contributed by atoms with Crippen molar-refractivity contribution in [2.45, 2.75) is 61.1 Å². The van der Waals surface area contributed by atoms with Gasteiger partial charge in [-0.1, -0.05) is 52.8 Å². The summed E-state index contributed by atoms with van der Waals surface area (Å²) in [5, 5.41) is 12.1. The van der Waals surface area contributed by atoms with Crippen LogP contribution in [0.4, 0.5) is 0 Å². The molecule has 154 valence electrons. The summed E-state index contributed by atoms with van der Waals surface area (Å²) >= 11 is 1.70. The number of allylic oxidation sites excluding steroid dienone is 3. The average molecular weight is 402 g/mol. The summed E-state index contributed by atoms with van der Waals surface area (Å²) in [5.41, 5.74) is 4.22. The van der Waals surface area contributed by atoms with Gasteiger partial charge in [0.15, 0.2) is 0 Å². The molecule has 1 N–H and O–H groups in total. The van der Waals surface area contributed by atoms with E-state index in [-0.39, 0.29) is 6.61 Å². The zero-order valence-corrected chi connectivity index (χ0v) is 19.0. The van der Waals surface area contributed by atoms with Crippen molar-refractivity contribution in [3.8, 4) is 0 Å². The monoisotopic (exact) mass is 401 g/mol. The molecule has 28 heavy (non-hydrogen) atoms. The number of benzene rings is 1. The number of fused-ring (bicyclic) bond motifs is 1. The standard InChI is InChI=1S/C11H12N2O.C8H11NS.2C2H6/c1-2-5-13-8-12-10-6-9(7-14)3-4-11(10)13;1-3-7(4-2)8-9-5-6-10-8;2*1-2/h2-4,6,8,14H,1,5,7H2;3,5-6H,4H2,1-2H3;2*1-2H3/b;7-3+;;. The first-order chi connectivity index (χ1) is 13.7. The third-order valence-electron chi connectivity index (χ3n) is 3.63. The molecule has 5 heteroatoms. The van der Waals surface area contributed by atoms with Gasteiger partial charge in [0, 0.05) is 18.1 Å². The fourth-order valence-corrected chi connectivity index (χ4v) is 3.14. The number of hydrogen-bond donors (Lipinski definition) is 1. The van der Waals surface area contributed by atoms with Crippen LogP contribution in [0.5, 0.6) is 0 Å². The normalized spacial score (nSPS) is 10.0. The van der Waals surface area contributed by atoms with Crippen molar-refractivity contribution >= 4 is 27.9 Å². The number of hydrogen-bond acceptors (Lipinski definition) is 4. The van der Waals surface area contributed by atoms with E-state index in [1.54, 1.807) is 17.7 Å². The first kappa shape index (κ1) is 25.8. The summed E-state index contributed by atoms with van der Waals surface area (Å²) in [6.45, 7) is 16.7. The highest BCUT2D eigenvalue weighted by molar-refractivity contribution is 7.10. The molecule has 4 nitrogen and oxygen atoms in total. The van der Waals surface area contributed by atoms with Gasteiger partial charge in [0.2, 0.25) is 0 Å². The molecule has 0 saturated carbocycles. The third kappa shape index (κ3) is 7.79. The highest BCUT2D eigenvalue weighted by Gasteiger charge is 2.01. The largest absolute Gasteiger partial charge is 0.392 e. The Hall–Kier alpha value is -2.24. The fourth-order valence-electron chi connectivity index (χ4n) is 2.35.